The number of aliphatic hydroxyl groups excluding tert-OH is 1. The fourth-order valence-electron chi connectivity index (χ4n) is 5.32. The zero-order chi connectivity index (χ0) is 24.5. The fraction of sp³-hybridized carbons (Fsp3) is 0.300. The fourth-order valence-corrected chi connectivity index (χ4v) is 5.32. The van der Waals surface area contributed by atoms with Gasteiger partial charge in [0.15, 0.2) is 11.6 Å². The van der Waals surface area contributed by atoms with Crippen molar-refractivity contribution in [1.82, 2.24) is 14.5 Å². The van der Waals surface area contributed by atoms with Gasteiger partial charge in [-0.3, -0.25) is 0 Å². The van der Waals surface area contributed by atoms with Crippen LogP contribution in [-0.2, 0) is 7.05 Å². The van der Waals surface area contributed by atoms with Gasteiger partial charge in [-0.1, -0.05) is 48.5 Å². The number of β-amino-alcohol motifs (C(OH)–C–C–N with tert-alkyl or cyclic N) is 1. The Morgan fingerprint density at radius 1 is 1.00 bits per heavy atom. The lowest BCUT2D eigenvalue weighted by atomic mass is 9.88. The molecular weight excluding hydrogens is 521 g/mol. The Hall–Kier alpha value is -3.03. The zero-order valence-electron chi connectivity index (χ0n) is 21.3. The summed E-state index contributed by atoms with van der Waals surface area (Å²) in [5.41, 5.74) is 2.17. The first kappa shape index (κ1) is 28.0. The van der Waals surface area contributed by atoms with Crippen LogP contribution < -0.4 is 4.74 Å². The van der Waals surface area contributed by atoms with Gasteiger partial charge in [-0.05, 0) is 66.4 Å². The number of rotatable bonds is 7. The third kappa shape index (κ3) is 5.84. The number of aliphatic hydroxyl groups is 1. The first-order valence-electron chi connectivity index (χ1n) is 12.7. The number of aromatic nitrogens is 2. The molecule has 38 heavy (non-hydrogen) atoms. The Labute approximate surface area is 235 Å². The summed E-state index contributed by atoms with van der Waals surface area (Å²) in [6, 6.07) is 23.1. The molecule has 1 fully saturated rings. The lowest BCUT2D eigenvalue weighted by molar-refractivity contribution is 0.0599. The normalized spacial score (nSPS) is 15.2. The minimum atomic E-state index is -0.557. The van der Waals surface area contributed by atoms with Gasteiger partial charge in [-0.25, -0.2) is 4.98 Å². The van der Waals surface area contributed by atoms with Gasteiger partial charge >= 0.3 is 0 Å². The predicted molar refractivity (Wildman–Crippen MR) is 157 cm³/mol. The Morgan fingerprint density at radius 3 is 2.55 bits per heavy atom. The molecule has 2 aromatic heterocycles. The molecule has 0 unspecified atom stereocenters. The minimum absolute atomic E-state index is 0. The van der Waals surface area contributed by atoms with E-state index in [2.05, 4.69) is 52.3 Å². The molecule has 200 valence electrons. The number of hydrogen-bond donors (Lipinski definition) is 1. The van der Waals surface area contributed by atoms with Crippen molar-refractivity contribution in [2.45, 2.75) is 24.9 Å². The van der Waals surface area contributed by atoms with Crippen molar-refractivity contribution in [3.63, 3.8) is 0 Å². The standard InChI is InChI=1S/C30H31N3O3.2ClH/c1-32-16-13-31-30(32)29-18-26-27(7-4-8-28(26)36-29)35-20-25(34)19-33-14-11-22(12-15-33)24-10-9-21-5-2-3-6-23(21)17-24;;/h2-10,13,16-18,22,25,34H,11-12,14-15,19-20H2,1H3;2*1H/t25-;;/m0../s1. The van der Waals surface area contributed by atoms with Gasteiger partial charge in [0.2, 0.25) is 0 Å². The van der Waals surface area contributed by atoms with E-state index in [0.717, 1.165) is 42.7 Å². The van der Waals surface area contributed by atoms with E-state index in [1.165, 1.54) is 16.3 Å². The van der Waals surface area contributed by atoms with Gasteiger partial charge in [-0.15, -0.1) is 24.8 Å². The number of fused-ring (bicyclic) bond motifs is 2. The topological polar surface area (TPSA) is 63.7 Å². The molecule has 5 aromatic rings. The minimum Gasteiger partial charge on any atom is -0.490 e. The third-order valence-electron chi connectivity index (χ3n) is 7.30. The highest BCUT2D eigenvalue weighted by Gasteiger charge is 2.23. The maximum absolute atomic E-state index is 10.7. The largest absolute Gasteiger partial charge is 0.490 e. The van der Waals surface area contributed by atoms with Crippen LogP contribution in [0.1, 0.15) is 24.3 Å². The third-order valence-corrected chi connectivity index (χ3v) is 7.30. The summed E-state index contributed by atoms with van der Waals surface area (Å²) in [4.78, 5) is 6.72. The van der Waals surface area contributed by atoms with Gasteiger partial charge in [0, 0.05) is 26.0 Å². The maximum atomic E-state index is 10.7. The van der Waals surface area contributed by atoms with E-state index in [1.807, 2.05) is 42.1 Å². The highest BCUT2D eigenvalue weighted by Crippen LogP contribution is 2.33. The number of ether oxygens (including phenoxy) is 1. The van der Waals surface area contributed by atoms with E-state index < -0.39 is 6.10 Å². The summed E-state index contributed by atoms with van der Waals surface area (Å²) < 4.78 is 14.0. The molecule has 3 heterocycles. The molecule has 1 atom stereocenters. The lowest BCUT2D eigenvalue weighted by Crippen LogP contribution is -2.40. The SMILES string of the molecule is Cl.Cl.Cn1ccnc1-c1cc2c(OC[C@@H](O)CN3CCC(c4ccc5ccccc5c4)CC3)cccc2o1. The van der Waals surface area contributed by atoms with Gasteiger partial charge in [-0.2, -0.15) is 0 Å². The van der Waals surface area contributed by atoms with Crippen LogP contribution in [0, 0.1) is 0 Å². The van der Waals surface area contributed by atoms with Crippen molar-refractivity contribution in [1.29, 1.82) is 0 Å². The lowest BCUT2D eigenvalue weighted by Gasteiger charge is -2.33. The molecule has 0 aliphatic carbocycles. The Kier molecular flexibility index (Phi) is 9.00. The summed E-state index contributed by atoms with van der Waals surface area (Å²) >= 11 is 0. The average Bonchev–Trinajstić information content (AvgIpc) is 3.53. The van der Waals surface area contributed by atoms with E-state index in [9.17, 15) is 5.11 Å². The van der Waals surface area contributed by atoms with Crippen LogP contribution in [0.5, 0.6) is 5.75 Å². The van der Waals surface area contributed by atoms with E-state index >= 15 is 0 Å². The highest BCUT2D eigenvalue weighted by molar-refractivity contribution is 5.87. The average molecular weight is 555 g/mol. The summed E-state index contributed by atoms with van der Waals surface area (Å²) in [5, 5.41) is 14.2. The molecule has 6 nitrogen and oxygen atoms in total. The van der Waals surface area contributed by atoms with Crippen LogP contribution in [0.4, 0.5) is 0 Å². The predicted octanol–water partition coefficient (Wildman–Crippen LogP) is 6.45. The van der Waals surface area contributed by atoms with E-state index in [4.69, 9.17) is 9.15 Å². The van der Waals surface area contributed by atoms with Crippen LogP contribution in [0.3, 0.4) is 0 Å². The van der Waals surface area contributed by atoms with Crippen molar-refractivity contribution < 1.29 is 14.3 Å². The summed E-state index contributed by atoms with van der Waals surface area (Å²) in [6.07, 6.45) is 5.30. The number of furan rings is 1. The maximum Gasteiger partial charge on any atom is 0.175 e. The zero-order valence-corrected chi connectivity index (χ0v) is 23.0. The summed E-state index contributed by atoms with van der Waals surface area (Å²) in [6.45, 7) is 2.83. The quantitative estimate of drug-likeness (QED) is 0.251. The monoisotopic (exact) mass is 553 g/mol. The van der Waals surface area contributed by atoms with Gasteiger partial charge in [0.1, 0.15) is 24.0 Å². The van der Waals surface area contributed by atoms with Crippen molar-refractivity contribution in [3.05, 3.63) is 84.7 Å². The van der Waals surface area contributed by atoms with Gasteiger partial charge in [0.05, 0.1) is 5.39 Å². The van der Waals surface area contributed by atoms with Crippen molar-refractivity contribution in [2.24, 2.45) is 7.05 Å². The summed E-state index contributed by atoms with van der Waals surface area (Å²) in [7, 11) is 1.94. The molecule has 0 radical (unpaired) electrons. The number of likely N-dealkylation sites (tertiary alicyclic amines) is 1. The molecule has 3 aromatic carbocycles. The Bertz CT molecular complexity index is 1490. The molecule has 1 saturated heterocycles. The smallest absolute Gasteiger partial charge is 0.175 e. The number of piperidine rings is 1. The molecule has 8 heteroatoms. The molecular formula is C30H33Cl2N3O3. The molecule has 1 N–H and O–H groups in total. The van der Waals surface area contributed by atoms with Crippen molar-refractivity contribution in [2.75, 3.05) is 26.2 Å². The van der Waals surface area contributed by atoms with Crippen molar-refractivity contribution >= 4 is 46.6 Å². The molecule has 1 aliphatic heterocycles. The molecule has 0 spiro atoms. The second kappa shape index (κ2) is 12.2. The Balaban J connectivity index is 0.00000168. The van der Waals surface area contributed by atoms with Crippen molar-refractivity contribution in [3.8, 4) is 17.3 Å². The molecule has 0 amide bonds. The highest BCUT2D eigenvalue weighted by atomic mass is 35.5. The molecule has 0 bridgehead atoms. The van der Waals surface area contributed by atoms with Crippen LogP contribution in [0.2, 0.25) is 0 Å². The van der Waals surface area contributed by atoms with Gasteiger partial charge in [0.25, 0.3) is 0 Å². The second-order valence-corrected chi connectivity index (χ2v) is 9.79. The van der Waals surface area contributed by atoms with Crippen LogP contribution in [-0.4, -0.2) is 51.9 Å². The molecule has 6 rings (SSSR count). The second-order valence-electron chi connectivity index (χ2n) is 9.79. The van der Waals surface area contributed by atoms with Crippen LogP contribution in [0.15, 0.2) is 83.5 Å². The van der Waals surface area contributed by atoms with Crippen LogP contribution >= 0.6 is 24.8 Å². The number of aryl methyl sites for hydroxylation is 1. The Morgan fingerprint density at radius 2 is 1.79 bits per heavy atom. The molecule has 0 saturated carbocycles. The number of hydrogen-bond acceptors (Lipinski definition) is 5. The number of imidazole rings is 1. The van der Waals surface area contributed by atoms with E-state index in [0.29, 0.717) is 24.0 Å². The number of halogens is 2. The van der Waals surface area contributed by atoms with Gasteiger partial charge < -0.3 is 23.7 Å². The first-order valence-corrected chi connectivity index (χ1v) is 12.7. The number of benzene rings is 3. The van der Waals surface area contributed by atoms with Crippen LogP contribution in [0.25, 0.3) is 33.3 Å². The van der Waals surface area contributed by atoms with E-state index in [-0.39, 0.29) is 31.4 Å². The first-order chi connectivity index (χ1) is 17.6. The van der Waals surface area contributed by atoms with E-state index in [1.54, 1.807) is 6.20 Å². The molecule has 1 aliphatic rings. The summed E-state index contributed by atoms with van der Waals surface area (Å²) in [5.74, 6) is 2.75. The number of nitrogens with zero attached hydrogens (tertiary/aromatic N) is 3.